The van der Waals surface area contributed by atoms with Gasteiger partial charge in [-0.1, -0.05) is 12.1 Å². The molecule has 0 atom stereocenters. The van der Waals surface area contributed by atoms with Crippen LogP contribution < -0.4 is 4.74 Å². The van der Waals surface area contributed by atoms with Crippen LogP contribution in [-0.4, -0.2) is 6.61 Å². The SMILES string of the molecule is CCOc1cc[c]cc1. The lowest BCUT2D eigenvalue weighted by Crippen LogP contribution is -1.89. The van der Waals surface area contributed by atoms with E-state index in [-0.39, 0.29) is 0 Å². The Morgan fingerprint density at radius 3 is 2.67 bits per heavy atom. The van der Waals surface area contributed by atoms with E-state index < -0.39 is 0 Å². The van der Waals surface area contributed by atoms with E-state index in [0.29, 0.717) is 0 Å². The average Bonchev–Trinajstić information content (AvgIpc) is 1.91. The topological polar surface area (TPSA) is 9.23 Å². The van der Waals surface area contributed by atoms with E-state index in [1.165, 1.54) is 0 Å². The second kappa shape index (κ2) is 3.13. The fourth-order valence-electron chi connectivity index (χ4n) is 0.634. The van der Waals surface area contributed by atoms with Crippen molar-refractivity contribution in [3.63, 3.8) is 0 Å². The van der Waals surface area contributed by atoms with Crippen LogP contribution >= 0.6 is 0 Å². The summed E-state index contributed by atoms with van der Waals surface area (Å²) < 4.78 is 5.19. The Labute approximate surface area is 55.3 Å². The molecule has 9 heavy (non-hydrogen) atoms. The molecule has 0 heterocycles. The van der Waals surface area contributed by atoms with Crippen LogP contribution in [0.2, 0.25) is 0 Å². The van der Waals surface area contributed by atoms with Crippen molar-refractivity contribution >= 4 is 0 Å². The van der Waals surface area contributed by atoms with Crippen LogP contribution in [-0.2, 0) is 0 Å². The van der Waals surface area contributed by atoms with E-state index in [9.17, 15) is 0 Å². The van der Waals surface area contributed by atoms with Crippen molar-refractivity contribution in [1.29, 1.82) is 0 Å². The minimum Gasteiger partial charge on any atom is -0.494 e. The standard InChI is InChI=1S/C8H9O/c1-2-9-8-6-4-3-5-7-8/h4-7H,2H2,1H3. The molecular formula is C8H9O. The lowest BCUT2D eigenvalue weighted by molar-refractivity contribution is 0.340. The maximum Gasteiger partial charge on any atom is 0.119 e. The van der Waals surface area contributed by atoms with E-state index in [2.05, 4.69) is 6.07 Å². The summed E-state index contributed by atoms with van der Waals surface area (Å²) in [6.45, 7) is 2.70. The number of ether oxygens (including phenoxy) is 1. The zero-order valence-electron chi connectivity index (χ0n) is 5.42. The highest BCUT2D eigenvalue weighted by Crippen LogP contribution is 2.06. The van der Waals surface area contributed by atoms with Crippen LogP contribution in [0, 0.1) is 6.07 Å². The Balaban J connectivity index is 2.61. The highest BCUT2D eigenvalue weighted by atomic mass is 16.5. The summed E-state index contributed by atoms with van der Waals surface area (Å²) in [4.78, 5) is 0. The molecular weight excluding hydrogens is 112 g/mol. The molecule has 0 aliphatic carbocycles. The number of hydrogen-bond acceptors (Lipinski definition) is 1. The Morgan fingerprint density at radius 2 is 2.11 bits per heavy atom. The maximum atomic E-state index is 5.19. The van der Waals surface area contributed by atoms with Crippen LogP contribution in [0.25, 0.3) is 0 Å². The zero-order valence-corrected chi connectivity index (χ0v) is 5.42. The molecule has 0 unspecified atom stereocenters. The van der Waals surface area contributed by atoms with Crippen LogP contribution in [0.4, 0.5) is 0 Å². The van der Waals surface area contributed by atoms with Crippen molar-refractivity contribution in [1.82, 2.24) is 0 Å². The average molecular weight is 121 g/mol. The molecule has 1 aromatic rings. The summed E-state index contributed by atoms with van der Waals surface area (Å²) in [5, 5.41) is 0. The Bertz CT molecular complexity index is 157. The third kappa shape index (κ3) is 1.76. The lowest BCUT2D eigenvalue weighted by Gasteiger charge is -1.98. The summed E-state index contributed by atoms with van der Waals surface area (Å²) in [5.41, 5.74) is 0. The van der Waals surface area contributed by atoms with E-state index in [1.54, 1.807) is 0 Å². The van der Waals surface area contributed by atoms with Crippen molar-refractivity contribution in [3.8, 4) is 5.75 Å². The maximum absolute atomic E-state index is 5.19. The highest BCUT2D eigenvalue weighted by Gasteiger charge is 1.84. The molecule has 0 bridgehead atoms. The molecule has 0 N–H and O–H groups in total. The summed E-state index contributed by atoms with van der Waals surface area (Å²) in [6, 6.07) is 10.4. The molecule has 0 aromatic heterocycles. The molecule has 0 amide bonds. The van der Waals surface area contributed by atoms with E-state index in [4.69, 9.17) is 4.74 Å². The van der Waals surface area contributed by atoms with Crippen molar-refractivity contribution < 1.29 is 4.74 Å². The van der Waals surface area contributed by atoms with Gasteiger partial charge in [0.25, 0.3) is 0 Å². The molecule has 1 rings (SSSR count). The van der Waals surface area contributed by atoms with Crippen molar-refractivity contribution in [2.24, 2.45) is 0 Å². The fraction of sp³-hybridized carbons (Fsp3) is 0.250. The van der Waals surface area contributed by atoms with Gasteiger partial charge in [0.1, 0.15) is 5.75 Å². The largest absolute Gasteiger partial charge is 0.494 e. The first-order valence-corrected chi connectivity index (χ1v) is 3.02. The Kier molecular flexibility index (Phi) is 2.13. The van der Waals surface area contributed by atoms with E-state index in [1.807, 2.05) is 31.2 Å². The van der Waals surface area contributed by atoms with E-state index in [0.717, 1.165) is 12.4 Å². The Hall–Kier alpha value is -0.980. The van der Waals surface area contributed by atoms with Gasteiger partial charge in [0.05, 0.1) is 6.61 Å². The van der Waals surface area contributed by atoms with Crippen LogP contribution in [0.15, 0.2) is 24.3 Å². The van der Waals surface area contributed by atoms with Gasteiger partial charge in [-0.25, -0.2) is 0 Å². The smallest absolute Gasteiger partial charge is 0.119 e. The third-order valence-electron chi connectivity index (χ3n) is 0.999. The molecule has 1 aromatic carbocycles. The zero-order chi connectivity index (χ0) is 6.53. The normalized spacial score (nSPS) is 9.00. The minimum atomic E-state index is 0.726. The number of rotatable bonds is 2. The van der Waals surface area contributed by atoms with Gasteiger partial charge in [-0.2, -0.15) is 0 Å². The van der Waals surface area contributed by atoms with Gasteiger partial charge in [0, 0.05) is 0 Å². The molecule has 0 spiro atoms. The van der Waals surface area contributed by atoms with Crippen LogP contribution in [0.1, 0.15) is 6.92 Å². The predicted molar refractivity (Wildman–Crippen MR) is 36.4 cm³/mol. The molecule has 0 saturated heterocycles. The van der Waals surface area contributed by atoms with Crippen LogP contribution in [0.3, 0.4) is 0 Å². The summed E-state index contributed by atoms with van der Waals surface area (Å²) in [5.74, 6) is 0.913. The van der Waals surface area contributed by atoms with Crippen LogP contribution in [0.5, 0.6) is 5.75 Å². The molecule has 1 radical (unpaired) electrons. The summed E-state index contributed by atoms with van der Waals surface area (Å²) in [6.07, 6.45) is 0. The molecule has 0 fully saturated rings. The van der Waals surface area contributed by atoms with Crippen molar-refractivity contribution in [2.75, 3.05) is 6.61 Å². The second-order valence-electron chi connectivity index (χ2n) is 1.67. The summed E-state index contributed by atoms with van der Waals surface area (Å²) in [7, 11) is 0. The first kappa shape index (κ1) is 6.14. The number of benzene rings is 1. The second-order valence-corrected chi connectivity index (χ2v) is 1.67. The van der Waals surface area contributed by atoms with Gasteiger partial charge in [-0.3, -0.25) is 0 Å². The lowest BCUT2D eigenvalue weighted by atomic mass is 10.3. The summed E-state index contributed by atoms with van der Waals surface area (Å²) >= 11 is 0. The first-order valence-electron chi connectivity index (χ1n) is 3.02. The minimum absolute atomic E-state index is 0.726. The molecule has 0 aliphatic heterocycles. The molecule has 0 saturated carbocycles. The molecule has 47 valence electrons. The first-order chi connectivity index (χ1) is 4.43. The van der Waals surface area contributed by atoms with Crippen molar-refractivity contribution in [3.05, 3.63) is 30.3 Å². The molecule has 1 nitrogen and oxygen atoms in total. The van der Waals surface area contributed by atoms with Gasteiger partial charge >= 0.3 is 0 Å². The van der Waals surface area contributed by atoms with Gasteiger partial charge in [0.2, 0.25) is 0 Å². The Morgan fingerprint density at radius 1 is 1.44 bits per heavy atom. The van der Waals surface area contributed by atoms with E-state index >= 15 is 0 Å². The predicted octanol–water partition coefficient (Wildman–Crippen LogP) is 1.89. The quantitative estimate of drug-likeness (QED) is 0.580. The van der Waals surface area contributed by atoms with Gasteiger partial charge < -0.3 is 4.74 Å². The number of hydrogen-bond donors (Lipinski definition) is 0. The third-order valence-corrected chi connectivity index (χ3v) is 0.999. The van der Waals surface area contributed by atoms with Gasteiger partial charge in [0.15, 0.2) is 0 Å². The highest BCUT2D eigenvalue weighted by molar-refractivity contribution is 5.19. The van der Waals surface area contributed by atoms with Gasteiger partial charge in [-0.05, 0) is 25.1 Å². The monoisotopic (exact) mass is 121 g/mol. The van der Waals surface area contributed by atoms with Crippen molar-refractivity contribution in [2.45, 2.75) is 6.92 Å². The molecule has 1 heteroatoms. The fourth-order valence-corrected chi connectivity index (χ4v) is 0.634. The van der Waals surface area contributed by atoms with Gasteiger partial charge in [-0.15, -0.1) is 0 Å². The molecule has 0 aliphatic rings.